The summed E-state index contributed by atoms with van der Waals surface area (Å²) in [5, 5.41) is 2.62. The first-order valence-electron chi connectivity index (χ1n) is 19.0. The van der Waals surface area contributed by atoms with Crippen LogP contribution in [0.25, 0.3) is 89.2 Å². The summed E-state index contributed by atoms with van der Waals surface area (Å²) in [6.07, 6.45) is 0. The molecule has 1 aliphatic rings. The van der Waals surface area contributed by atoms with Crippen molar-refractivity contribution in [3.8, 4) is 78.4 Å². The highest BCUT2D eigenvalue weighted by molar-refractivity contribution is 6.02. The van der Waals surface area contributed by atoms with Gasteiger partial charge in [-0.3, -0.25) is 0 Å². The summed E-state index contributed by atoms with van der Waals surface area (Å²) in [6.45, 7) is 4.72. The van der Waals surface area contributed by atoms with Gasteiger partial charge < -0.3 is 0 Å². The topological polar surface area (TPSA) is 25.8 Å². The molecule has 0 unspecified atom stereocenters. The number of hydrogen-bond acceptors (Lipinski definition) is 2. The average molecular weight is 703 g/mol. The van der Waals surface area contributed by atoms with E-state index in [-0.39, 0.29) is 5.41 Å². The van der Waals surface area contributed by atoms with Gasteiger partial charge in [-0.15, -0.1) is 0 Å². The van der Waals surface area contributed by atoms with E-state index >= 15 is 0 Å². The fourth-order valence-electron chi connectivity index (χ4n) is 8.32. The Hall–Kier alpha value is -6.90. The molecule has 0 bridgehead atoms. The van der Waals surface area contributed by atoms with Gasteiger partial charge in [0.05, 0.1) is 11.4 Å². The molecular formula is C53H38N2. The van der Waals surface area contributed by atoms with E-state index in [1.807, 2.05) is 24.3 Å². The molecule has 1 aromatic heterocycles. The van der Waals surface area contributed by atoms with Crippen molar-refractivity contribution in [2.45, 2.75) is 19.3 Å². The Morgan fingerprint density at radius 3 is 1.56 bits per heavy atom. The molecule has 55 heavy (non-hydrogen) atoms. The van der Waals surface area contributed by atoms with Crippen LogP contribution >= 0.6 is 0 Å². The standard InChI is InChI=1S/C53H38N2/c1-53(2)47-31-29-39-14-9-10-19-45(39)51(47)46-30-28-43(33-48(46)53)38-22-20-37(21-23-38)42-17-11-18-44(32-42)50-34-49(54-52(55-50)41-15-7-4-8-16-41)40-26-24-36(25-27-40)35-12-5-3-6-13-35/h3-34H,1-2H3. The molecule has 260 valence electrons. The maximum atomic E-state index is 5.11. The fourth-order valence-corrected chi connectivity index (χ4v) is 8.32. The van der Waals surface area contributed by atoms with E-state index in [1.54, 1.807) is 0 Å². The molecule has 8 aromatic carbocycles. The second-order valence-electron chi connectivity index (χ2n) is 15.0. The van der Waals surface area contributed by atoms with Crippen molar-refractivity contribution in [1.29, 1.82) is 0 Å². The van der Waals surface area contributed by atoms with Crippen LogP contribution in [0.5, 0.6) is 0 Å². The molecule has 2 nitrogen and oxygen atoms in total. The van der Waals surface area contributed by atoms with Crippen LogP contribution in [0.1, 0.15) is 25.0 Å². The van der Waals surface area contributed by atoms with E-state index < -0.39 is 0 Å². The lowest BCUT2D eigenvalue weighted by Crippen LogP contribution is -2.15. The number of rotatable bonds is 6. The molecule has 0 atom stereocenters. The molecule has 0 saturated carbocycles. The number of fused-ring (bicyclic) bond motifs is 5. The molecule has 10 rings (SSSR count). The van der Waals surface area contributed by atoms with Crippen molar-refractivity contribution in [2.75, 3.05) is 0 Å². The Balaban J connectivity index is 0.978. The molecule has 0 saturated heterocycles. The highest BCUT2D eigenvalue weighted by Gasteiger charge is 2.36. The smallest absolute Gasteiger partial charge is 0.160 e. The van der Waals surface area contributed by atoms with Crippen LogP contribution in [0.3, 0.4) is 0 Å². The summed E-state index contributed by atoms with van der Waals surface area (Å²) < 4.78 is 0. The minimum atomic E-state index is -0.0715. The Kier molecular flexibility index (Phi) is 7.85. The fraction of sp³-hybridized carbons (Fsp3) is 0.0566. The second kappa shape index (κ2) is 13.2. The van der Waals surface area contributed by atoms with E-state index in [9.17, 15) is 0 Å². The third-order valence-corrected chi connectivity index (χ3v) is 11.3. The zero-order valence-electron chi connectivity index (χ0n) is 30.9. The summed E-state index contributed by atoms with van der Waals surface area (Å²) in [7, 11) is 0. The van der Waals surface area contributed by atoms with Crippen LogP contribution in [0.4, 0.5) is 0 Å². The van der Waals surface area contributed by atoms with Gasteiger partial charge in [-0.2, -0.15) is 0 Å². The monoisotopic (exact) mass is 702 g/mol. The van der Waals surface area contributed by atoms with Crippen LogP contribution < -0.4 is 0 Å². The van der Waals surface area contributed by atoms with E-state index in [1.165, 1.54) is 60.8 Å². The van der Waals surface area contributed by atoms with Gasteiger partial charge >= 0.3 is 0 Å². The van der Waals surface area contributed by atoms with Crippen LogP contribution in [0.2, 0.25) is 0 Å². The second-order valence-corrected chi connectivity index (χ2v) is 15.0. The van der Waals surface area contributed by atoms with Gasteiger partial charge in [0.25, 0.3) is 0 Å². The molecule has 0 fully saturated rings. The highest BCUT2D eigenvalue weighted by Crippen LogP contribution is 2.52. The maximum absolute atomic E-state index is 5.11. The first-order valence-corrected chi connectivity index (χ1v) is 19.0. The third-order valence-electron chi connectivity index (χ3n) is 11.3. The molecule has 9 aromatic rings. The predicted octanol–water partition coefficient (Wildman–Crippen LogP) is 13.9. The summed E-state index contributed by atoms with van der Waals surface area (Å²) in [5.41, 5.74) is 17.5. The van der Waals surface area contributed by atoms with Gasteiger partial charge in [0, 0.05) is 22.1 Å². The third kappa shape index (κ3) is 5.84. The highest BCUT2D eigenvalue weighted by atomic mass is 14.9. The lowest BCUT2D eigenvalue weighted by atomic mass is 9.81. The molecule has 0 amide bonds. The van der Waals surface area contributed by atoms with Crippen LogP contribution in [-0.2, 0) is 5.41 Å². The first-order chi connectivity index (χ1) is 27.0. The lowest BCUT2D eigenvalue weighted by molar-refractivity contribution is 0.661. The molecule has 0 radical (unpaired) electrons. The number of nitrogens with zero attached hydrogens (tertiary/aromatic N) is 2. The number of hydrogen-bond donors (Lipinski definition) is 0. The van der Waals surface area contributed by atoms with E-state index in [0.717, 1.165) is 33.6 Å². The van der Waals surface area contributed by atoms with Crippen LogP contribution in [-0.4, -0.2) is 9.97 Å². The van der Waals surface area contributed by atoms with Gasteiger partial charge in [0.15, 0.2) is 5.82 Å². The number of aromatic nitrogens is 2. The van der Waals surface area contributed by atoms with E-state index in [4.69, 9.17) is 9.97 Å². The average Bonchev–Trinajstić information content (AvgIpc) is 3.49. The SMILES string of the molecule is CC1(C)c2cc(-c3ccc(-c4cccc(-c5cc(-c6ccc(-c7ccccc7)cc6)nc(-c6ccccc6)n5)c4)cc3)ccc2-c2c1ccc1ccccc21. The summed E-state index contributed by atoms with van der Waals surface area (Å²) in [4.78, 5) is 10.2. The molecule has 0 N–H and O–H groups in total. The molecular weight excluding hydrogens is 665 g/mol. The minimum Gasteiger partial charge on any atom is -0.228 e. The molecule has 2 heteroatoms. The van der Waals surface area contributed by atoms with Crippen molar-refractivity contribution in [1.82, 2.24) is 9.97 Å². The largest absolute Gasteiger partial charge is 0.228 e. The normalized spacial score (nSPS) is 12.7. The maximum Gasteiger partial charge on any atom is 0.160 e. The van der Waals surface area contributed by atoms with Crippen molar-refractivity contribution >= 4 is 10.8 Å². The molecule has 1 aliphatic carbocycles. The van der Waals surface area contributed by atoms with E-state index in [2.05, 4.69) is 184 Å². The van der Waals surface area contributed by atoms with Gasteiger partial charge in [-0.05, 0) is 84.6 Å². The van der Waals surface area contributed by atoms with Crippen LogP contribution in [0.15, 0.2) is 194 Å². The summed E-state index contributed by atoms with van der Waals surface area (Å²) in [5.74, 6) is 0.712. The van der Waals surface area contributed by atoms with Crippen LogP contribution in [0, 0.1) is 0 Å². The van der Waals surface area contributed by atoms with Gasteiger partial charge in [0.2, 0.25) is 0 Å². The van der Waals surface area contributed by atoms with Gasteiger partial charge in [-0.1, -0.05) is 190 Å². The number of benzene rings is 8. The molecule has 0 aliphatic heterocycles. The van der Waals surface area contributed by atoms with Gasteiger partial charge in [-0.25, -0.2) is 9.97 Å². The Morgan fingerprint density at radius 2 is 0.855 bits per heavy atom. The van der Waals surface area contributed by atoms with Gasteiger partial charge in [0.1, 0.15) is 0 Å². The quantitative estimate of drug-likeness (QED) is 0.172. The Bertz CT molecular complexity index is 2850. The minimum absolute atomic E-state index is 0.0715. The Morgan fingerprint density at radius 1 is 0.345 bits per heavy atom. The summed E-state index contributed by atoms with van der Waals surface area (Å²) in [6, 6.07) is 69.5. The zero-order valence-corrected chi connectivity index (χ0v) is 30.9. The van der Waals surface area contributed by atoms with Crippen molar-refractivity contribution in [3.05, 3.63) is 205 Å². The van der Waals surface area contributed by atoms with Crippen molar-refractivity contribution in [2.24, 2.45) is 0 Å². The summed E-state index contributed by atoms with van der Waals surface area (Å²) >= 11 is 0. The van der Waals surface area contributed by atoms with E-state index in [0.29, 0.717) is 5.82 Å². The predicted molar refractivity (Wildman–Crippen MR) is 230 cm³/mol. The van der Waals surface area contributed by atoms with Crippen molar-refractivity contribution in [3.63, 3.8) is 0 Å². The first kappa shape index (κ1) is 32.7. The van der Waals surface area contributed by atoms with Crippen molar-refractivity contribution < 1.29 is 0 Å². The Labute approximate surface area is 322 Å². The zero-order chi connectivity index (χ0) is 36.9. The lowest BCUT2D eigenvalue weighted by Gasteiger charge is -2.22. The molecule has 0 spiro atoms. The molecule has 1 heterocycles.